The summed E-state index contributed by atoms with van der Waals surface area (Å²) in [7, 11) is 0. The van der Waals surface area contributed by atoms with E-state index in [1.54, 1.807) is 17.0 Å². The average Bonchev–Trinajstić information content (AvgIpc) is 2.95. The van der Waals surface area contributed by atoms with Gasteiger partial charge in [0.1, 0.15) is 0 Å². The number of benzene rings is 1. The Hall–Kier alpha value is -2.96. The fourth-order valence-corrected chi connectivity index (χ4v) is 1.78. The Morgan fingerprint density at radius 2 is 2.11 bits per heavy atom. The number of para-hydroxylation sites is 1. The van der Waals surface area contributed by atoms with E-state index in [1.807, 2.05) is 24.3 Å². The van der Waals surface area contributed by atoms with Crippen molar-refractivity contribution in [3.8, 4) is 5.95 Å². The predicted molar refractivity (Wildman–Crippen MR) is 69.2 cm³/mol. The molecule has 94 valence electrons. The van der Waals surface area contributed by atoms with Gasteiger partial charge in [-0.25, -0.2) is 15.0 Å². The van der Waals surface area contributed by atoms with Gasteiger partial charge in [0.05, 0.1) is 5.52 Å². The molecule has 2 heterocycles. The molecule has 0 radical (unpaired) electrons. The van der Waals surface area contributed by atoms with Gasteiger partial charge in [-0.15, -0.1) is 0 Å². The number of hydrogen-bond acceptors (Lipinski definition) is 5. The Morgan fingerprint density at radius 1 is 1.26 bits per heavy atom. The van der Waals surface area contributed by atoms with Crippen LogP contribution in [0.2, 0.25) is 0 Å². The standard InChI is InChI=1S/C12H10N6O/c13-10(17-19)11-14-5-6-18(11)12-15-7-8-3-1-2-4-9(8)16-12/h1-7,19H,(H2,13,17). The lowest BCUT2D eigenvalue weighted by atomic mass is 10.2. The van der Waals surface area contributed by atoms with E-state index in [4.69, 9.17) is 10.9 Å². The van der Waals surface area contributed by atoms with Gasteiger partial charge in [0.2, 0.25) is 11.8 Å². The molecule has 1 aromatic carbocycles. The molecule has 0 saturated carbocycles. The molecule has 3 N–H and O–H groups in total. The van der Waals surface area contributed by atoms with Crippen molar-refractivity contribution in [1.29, 1.82) is 0 Å². The van der Waals surface area contributed by atoms with E-state index in [-0.39, 0.29) is 11.7 Å². The molecule has 3 rings (SSSR count). The third kappa shape index (κ3) is 1.86. The zero-order valence-electron chi connectivity index (χ0n) is 9.80. The summed E-state index contributed by atoms with van der Waals surface area (Å²) < 4.78 is 1.56. The summed E-state index contributed by atoms with van der Waals surface area (Å²) in [4.78, 5) is 12.7. The summed E-state index contributed by atoms with van der Waals surface area (Å²) in [5, 5.41) is 12.6. The number of aromatic nitrogens is 4. The first kappa shape index (κ1) is 11.1. The summed E-state index contributed by atoms with van der Waals surface area (Å²) in [6.45, 7) is 0. The van der Waals surface area contributed by atoms with Crippen LogP contribution in [0.5, 0.6) is 0 Å². The number of nitrogens with zero attached hydrogens (tertiary/aromatic N) is 5. The molecular weight excluding hydrogens is 244 g/mol. The van der Waals surface area contributed by atoms with Gasteiger partial charge in [-0.05, 0) is 6.07 Å². The Bertz CT molecular complexity index is 764. The average molecular weight is 254 g/mol. The molecule has 7 heteroatoms. The fraction of sp³-hybridized carbons (Fsp3) is 0. The first-order chi connectivity index (χ1) is 9.29. The Balaban J connectivity index is 2.17. The first-order valence-corrected chi connectivity index (χ1v) is 5.53. The van der Waals surface area contributed by atoms with Crippen molar-refractivity contribution in [1.82, 2.24) is 19.5 Å². The number of rotatable bonds is 2. The number of imidazole rings is 1. The summed E-state index contributed by atoms with van der Waals surface area (Å²) in [5.41, 5.74) is 6.36. The van der Waals surface area contributed by atoms with E-state index < -0.39 is 0 Å². The molecule has 0 spiro atoms. The van der Waals surface area contributed by atoms with Crippen molar-refractivity contribution < 1.29 is 5.21 Å². The quantitative estimate of drug-likeness (QED) is 0.306. The number of fused-ring (bicyclic) bond motifs is 1. The van der Waals surface area contributed by atoms with Gasteiger partial charge in [-0.2, -0.15) is 0 Å². The second-order valence-corrected chi connectivity index (χ2v) is 3.83. The van der Waals surface area contributed by atoms with Crippen LogP contribution in [-0.4, -0.2) is 30.6 Å². The smallest absolute Gasteiger partial charge is 0.236 e. The van der Waals surface area contributed by atoms with E-state index in [0.717, 1.165) is 10.9 Å². The first-order valence-electron chi connectivity index (χ1n) is 5.53. The largest absolute Gasteiger partial charge is 0.409 e. The third-order valence-corrected chi connectivity index (χ3v) is 2.67. The van der Waals surface area contributed by atoms with Gasteiger partial charge < -0.3 is 10.9 Å². The molecule has 0 fully saturated rings. The van der Waals surface area contributed by atoms with Gasteiger partial charge in [-0.1, -0.05) is 23.4 Å². The molecule has 0 aliphatic heterocycles. The van der Waals surface area contributed by atoms with Gasteiger partial charge >= 0.3 is 0 Å². The van der Waals surface area contributed by atoms with Gasteiger partial charge in [0.25, 0.3) is 0 Å². The van der Waals surface area contributed by atoms with Crippen molar-refractivity contribution in [3.05, 3.63) is 48.7 Å². The number of amidine groups is 1. The molecular formula is C12H10N6O. The van der Waals surface area contributed by atoms with Crippen LogP contribution in [0.25, 0.3) is 16.9 Å². The number of oxime groups is 1. The van der Waals surface area contributed by atoms with Gasteiger partial charge in [0.15, 0.2) is 5.82 Å². The lowest BCUT2D eigenvalue weighted by Gasteiger charge is -2.05. The van der Waals surface area contributed by atoms with Crippen molar-refractivity contribution in [2.45, 2.75) is 0 Å². The third-order valence-electron chi connectivity index (χ3n) is 2.67. The van der Waals surface area contributed by atoms with Gasteiger partial charge in [0, 0.05) is 24.0 Å². The molecule has 2 aromatic heterocycles. The molecule has 0 unspecified atom stereocenters. The van der Waals surface area contributed by atoms with Crippen LogP contribution in [0.15, 0.2) is 48.0 Å². The summed E-state index contributed by atoms with van der Waals surface area (Å²) in [6.07, 6.45) is 4.90. The molecule has 0 saturated heterocycles. The molecule has 0 atom stereocenters. The van der Waals surface area contributed by atoms with Crippen LogP contribution < -0.4 is 5.73 Å². The lowest BCUT2D eigenvalue weighted by molar-refractivity contribution is 0.318. The Morgan fingerprint density at radius 3 is 2.95 bits per heavy atom. The van der Waals surface area contributed by atoms with Gasteiger partial charge in [-0.3, -0.25) is 4.57 Å². The van der Waals surface area contributed by atoms with E-state index in [2.05, 4.69) is 20.1 Å². The lowest BCUT2D eigenvalue weighted by Crippen LogP contribution is -2.19. The van der Waals surface area contributed by atoms with Crippen molar-refractivity contribution in [2.75, 3.05) is 0 Å². The highest BCUT2D eigenvalue weighted by atomic mass is 16.4. The van der Waals surface area contributed by atoms with Crippen LogP contribution in [0.1, 0.15) is 5.82 Å². The van der Waals surface area contributed by atoms with Crippen LogP contribution >= 0.6 is 0 Å². The second kappa shape index (κ2) is 4.37. The summed E-state index contributed by atoms with van der Waals surface area (Å²) in [6, 6.07) is 7.64. The maximum Gasteiger partial charge on any atom is 0.236 e. The van der Waals surface area contributed by atoms with Crippen molar-refractivity contribution >= 4 is 16.7 Å². The predicted octanol–water partition coefficient (Wildman–Crippen LogP) is 0.910. The van der Waals surface area contributed by atoms with E-state index in [9.17, 15) is 0 Å². The summed E-state index contributed by atoms with van der Waals surface area (Å²) >= 11 is 0. The second-order valence-electron chi connectivity index (χ2n) is 3.83. The van der Waals surface area contributed by atoms with E-state index in [0.29, 0.717) is 5.95 Å². The van der Waals surface area contributed by atoms with Crippen LogP contribution in [0.4, 0.5) is 0 Å². The SMILES string of the molecule is N/C(=N/O)c1nccn1-c1ncc2ccccc2n1. The van der Waals surface area contributed by atoms with E-state index in [1.165, 1.54) is 6.20 Å². The summed E-state index contributed by atoms with van der Waals surface area (Å²) in [5.74, 6) is 0.609. The molecule has 0 amide bonds. The Kier molecular flexibility index (Phi) is 2.57. The van der Waals surface area contributed by atoms with Crippen molar-refractivity contribution in [2.24, 2.45) is 10.9 Å². The molecule has 19 heavy (non-hydrogen) atoms. The molecule has 0 aliphatic rings. The van der Waals surface area contributed by atoms with Crippen LogP contribution in [-0.2, 0) is 0 Å². The fourth-order valence-electron chi connectivity index (χ4n) is 1.78. The van der Waals surface area contributed by atoms with Crippen molar-refractivity contribution in [3.63, 3.8) is 0 Å². The minimum atomic E-state index is -0.0956. The normalized spacial score (nSPS) is 11.9. The number of hydrogen-bond donors (Lipinski definition) is 2. The highest BCUT2D eigenvalue weighted by Crippen LogP contribution is 2.12. The number of nitrogens with two attached hydrogens (primary N) is 1. The van der Waals surface area contributed by atoms with Crippen LogP contribution in [0.3, 0.4) is 0 Å². The maximum atomic E-state index is 8.72. The zero-order chi connectivity index (χ0) is 13.2. The molecule has 7 nitrogen and oxygen atoms in total. The molecule has 0 bridgehead atoms. The maximum absolute atomic E-state index is 8.72. The zero-order valence-corrected chi connectivity index (χ0v) is 9.80. The minimum Gasteiger partial charge on any atom is -0.409 e. The minimum absolute atomic E-state index is 0.0956. The Labute approximate surface area is 108 Å². The topological polar surface area (TPSA) is 102 Å². The van der Waals surface area contributed by atoms with E-state index >= 15 is 0 Å². The highest BCUT2D eigenvalue weighted by Gasteiger charge is 2.11. The molecule has 0 aliphatic carbocycles. The monoisotopic (exact) mass is 254 g/mol. The molecule has 3 aromatic rings. The highest BCUT2D eigenvalue weighted by molar-refractivity contribution is 5.94. The van der Waals surface area contributed by atoms with Crippen LogP contribution in [0, 0.1) is 0 Å².